The monoisotopic (exact) mass is 371 g/mol. The van der Waals surface area contributed by atoms with Crippen molar-refractivity contribution in [2.24, 2.45) is 0 Å². The SMILES string of the molecule is CN(C)CCCN1c2ccccc2CN(Cc2ccccc2)c2ccccc21. The van der Waals surface area contributed by atoms with Gasteiger partial charge in [0, 0.05) is 25.3 Å². The van der Waals surface area contributed by atoms with Gasteiger partial charge in [0.25, 0.3) is 0 Å². The molecule has 0 spiro atoms. The quantitative estimate of drug-likeness (QED) is 0.582. The van der Waals surface area contributed by atoms with Gasteiger partial charge in [0.2, 0.25) is 0 Å². The fourth-order valence-corrected chi connectivity index (χ4v) is 4.02. The predicted octanol–water partition coefficient (Wildman–Crippen LogP) is 5.30. The zero-order valence-corrected chi connectivity index (χ0v) is 16.9. The van der Waals surface area contributed by atoms with Crippen LogP contribution in [0.3, 0.4) is 0 Å². The third-order valence-electron chi connectivity index (χ3n) is 5.36. The Labute approximate surface area is 168 Å². The first-order chi connectivity index (χ1) is 13.7. The molecule has 4 rings (SSSR count). The van der Waals surface area contributed by atoms with Gasteiger partial charge in [0.1, 0.15) is 0 Å². The summed E-state index contributed by atoms with van der Waals surface area (Å²) >= 11 is 0. The maximum Gasteiger partial charge on any atom is 0.0648 e. The highest BCUT2D eigenvalue weighted by Crippen LogP contribution is 2.41. The van der Waals surface area contributed by atoms with Crippen molar-refractivity contribution in [1.29, 1.82) is 0 Å². The molecule has 0 N–H and O–H groups in total. The number of fused-ring (bicyclic) bond motifs is 2. The summed E-state index contributed by atoms with van der Waals surface area (Å²) in [6.45, 7) is 3.95. The van der Waals surface area contributed by atoms with Crippen LogP contribution in [0.15, 0.2) is 78.9 Å². The Morgan fingerprint density at radius 2 is 1.39 bits per heavy atom. The van der Waals surface area contributed by atoms with Crippen LogP contribution in [0.4, 0.5) is 17.1 Å². The maximum absolute atomic E-state index is 2.51. The number of benzene rings is 3. The van der Waals surface area contributed by atoms with Crippen molar-refractivity contribution in [3.63, 3.8) is 0 Å². The first-order valence-electron chi connectivity index (χ1n) is 10.1. The summed E-state index contributed by atoms with van der Waals surface area (Å²) in [6.07, 6.45) is 1.13. The Morgan fingerprint density at radius 1 is 0.750 bits per heavy atom. The van der Waals surface area contributed by atoms with Gasteiger partial charge in [-0.1, -0.05) is 60.7 Å². The van der Waals surface area contributed by atoms with E-state index in [1.54, 1.807) is 0 Å². The molecule has 3 nitrogen and oxygen atoms in total. The molecule has 1 aliphatic heterocycles. The lowest BCUT2D eigenvalue weighted by atomic mass is 10.1. The maximum atomic E-state index is 2.51. The highest BCUT2D eigenvalue weighted by molar-refractivity contribution is 5.81. The van der Waals surface area contributed by atoms with Gasteiger partial charge in [-0.15, -0.1) is 0 Å². The van der Waals surface area contributed by atoms with Crippen LogP contribution in [0.2, 0.25) is 0 Å². The lowest BCUT2D eigenvalue weighted by Crippen LogP contribution is -2.24. The molecule has 0 unspecified atom stereocenters. The fourth-order valence-electron chi connectivity index (χ4n) is 4.02. The molecule has 1 heterocycles. The molecular weight excluding hydrogens is 342 g/mol. The van der Waals surface area contributed by atoms with Crippen LogP contribution in [0, 0.1) is 0 Å². The largest absolute Gasteiger partial charge is 0.361 e. The molecule has 28 heavy (non-hydrogen) atoms. The topological polar surface area (TPSA) is 9.72 Å². The Balaban J connectivity index is 1.73. The number of hydrogen-bond donors (Lipinski definition) is 0. The second-order valence-corrected chi connectivity index (χ2v) is 7.77. The Kier molecular flexibility index (Phi) is 5.63. The molecular formula is C25H29N3. The van der Waals surface area contributed by atoms with Crippen LogP contribution >= 0.6 is 0 Å². The van der Waals surface area contributed by atoms with Crippen LogP contribution in [0.5, 0.6) is 0 Å². The van der Waals surface area contributed by atoms with Gasteiger partial charge in [-0.2, -0.15) is 0 Å². The van der Waals surface area contributed by atoms with Gasteiger partial charge < -0.3 is 14.7 Å². The van der Waals surface area contributed by atoms with Crippen molar-refractivity contribution in [3.05, 3.63) is 90.0 Å². The first kappa shape index (κ1) is 18.6. The summed E-state index contributed by atoms with van der Waals surface area (Å²) < 4.78 is 0. The van der Waals surface area contributed by atoms with Gasteiger partial charge in [-0.05, 0) is 56.4 Å². The zero-order valence-electron chi connectivity index (χ0n) is 16.9. The van der Waals surface area contributed by atoms with Crippen LogP contribution in [0.1, 0.15) is 17.5 Å². The van der Waals surface area contributed by atoms with Crippen LogP contribution in [0.25, 0.3) is 0 Å². The Bertz CT molecular complexity index is 904. The summed E-state index contributed by atoms with van der Waals surface area (Å²) in [6, 6.07) is 28.5. The number of nitrogens with zero attached hydrogens (tertiary/aromatic N) is 3. The summed E-state index contributed by atoms with van der Waals surface area (Å²) in [5, 5.41) is 0. The van der Waals surface area contributed by atoms with Gasteiger partial charge in [0.05, 0.1) is 11.4 Å². The highest BCUT2D eigenvalue weighted by Gasteiger charge is 2.24. The minimum absolute atomic E-state index is 0.914. The Hall–Kier alpha value is -2.78. The smallest absolute Gasteiger partial charge is 0.0648 e. The molecule has 3 heteroatoms. The number of para-hydroxylation sites is 3. The first-order valence-corrected chi connectivity index (χ1v) is 10.1. The molecule has 0 fully saturated rings. The lowest BCUT2D eigenvalue weighted by molar-refractivity contribution is 0.402. The molecule has 0 aromatic heterocycles. The molecule has 3 aromatic rings. The van der Waals surface area contributed by atoms with E-state index in [1.807, 2.05) is 0 Å². The van der Waals surface area contributed by atoms with Crippen molar-refractivity contribution in [2.75, 3.05) is 37.0 Å². The molecule has 0 saturated carbocycles. The number of anilines is 3. The average molecular weight is 372 g/mol. The van der Waals surface area contributed by atoms with E-state index >= 15 is 0 Å². The van der Waals surface area contributed by atoms with E-state index in [-0.39, 0.29) is 0 Å². The average Bonchev–Trinajstić information content (AvgIpc) is 2.84. The summed E-state index contributed by atoms with van der Waals surface area (Å²) in [5.41, 5.74) is 6.69. The molecule has 3 aromatic carbocycles. The minimum atomic E-state index is 0.914. The van der Waals surface area contributed by atoms with E-state index in [2.05, 4.69) is 108 Å². The third-order valence-corrected chi connectivity index (χ3v) is 5.36. The van der Waals surface area contributed by atoms with E-state index in [0.29, 0.717) is 0 Å². The van der Waals surface area contributed by atoms with Gasteiger partial charge in [0.15, 0.2) is 0 Å². The second kappa shape index (κ2) is 8.49. The highest BCUT2D eigenvalue weighted by atomic mass is 15.2. The van der Waals surface area contributed by atoms with E-state index in [4.69, 9.17) is 0 Å². The van der Waals surface area contributed by atoms with E-state index in [0.717, 1.165) is 32.6 Å². The standard InChI is InChI=1S/C25H29N3/c1-26(2)17-10-18-28-23-14-7-6-13-22(23)20-27(19-21-11-4-3-5-12-21)24-15-8-9-16-25(24)28/h3-9,11-16H,10,17-20H2,1-2H3. The molecule has 0 saturated heterocycles. The summed E-state index contributed by atoms with van der Waals surface area (Å²) in [5.74, 6) is 0. The zero-order chi connectivity index (χ0) is 19.3. The molecule has 0 amide bonds. The second-order valence-electron chi connectivity index (χ2n) is 7.77. The van der Waals surface area contributed by atoms with Crippen LogP contribution < -0.4 is 9.80 Å². The molecule has 0 atom stereocenters. The van der Waals surface area contributed by atoms with Crippen molar-refractivity contribution in [1.82, 2.24) is 4.90 Å². The van der Waals surface area contributed by atoms with Crippen LogP contribution in [-0.2, 0) is 13.1 Å². The van der Waals surface area contributed by atoms with Gasteiger partial charge in [-0.3, -0.25) is 0 Å². The molecule has 0 bridgehead atoms. The normalized spacial score (nSPS) is 13.2. The summed E-state index contributed by atoms with van der Waals surface area (Å²) in [4.78, 5) is 7.28. The van der Waals surface area contributed by atoms with Crippen molar-refractivity contribution in [2.45, 2.75) is 19.5 Å². The predicted molar refractivity (Wildman–Crippen MR) is 119 cm³/mol. The summed E-state index contributed by atoms with van der Waals surface area (Å²) in [7, 11) is 4.29. The van der Waals surface area contributed by atoms with E-state index in [1.165, 1.54) is 28.2 Å². The van der Waals surface area contributed by atoms with E-state index in [9.17, 15) is 0 Å². The third kappa shape index (κ3) is 4.05. The van der Waals surface area contributed by atoms with Gasteiger partial charge in [-0.25, -0.2) is 0 Å². The van der Waals surface area contributed by atoms with Crippen molar-refractivity contribution < 1.29 is 0 Å². The van der Waals surface area contributed by atoms with Crippen molar-refractivity contribution in [3.8, 4) is 0 Å². The van der Waals surface area contributed by atoms with Gasteiger partial charge >= 0.3 is 0 Å². The number of rotatable bonds is 6. The lowest BCUT2D eigenvalue weighted by Gasteiger charge is -2.28. The molecule has 0 aliphatic carbocycles. The minimum Gasteiger partial charge on any atom is -0.361 e. The number of hydrogen-bond acceptors (Lipinski definition) is 3. The van der Waals surface area contributed by atoms with Crippen LogP contribution in [-0.4, -0.2) is 32.1 Å². The molecule has 144 valence electrons. The molecule has 1 aliphatic rings. The van der Waals surface area contributed by atoms with E-state index < -0.39 is 0 Å². The fraction of sp³-hybridized carbons (Fsp3) is 0.280. The Morgan fingerprint density at radius 3 is 2.14 bits per heavy atom. The van der Waals surface area contributed by atoms with Crippen molar-refractivity contribution >= 4 is 17.1 Å². The molecule has 0 radical (unpaired) electrons.